The highest BCUT2D eigenvalue weighted by molar-refractivity contribution is 8.26. The number of halogens is 2. The Morgan fingerprint density at radius 1 is 1.12 bits per heavy atom. The van der Waals surface area contributed by atoms with Gasteiger partial charge in [-0.2, -0.15) is 15.1 Å². The quantitative estimate of drug-likeness (QED) is 0.366. The Morgan fingerprint density at radius 3 is 2.53 bits per heavy atom. The number of carbonyl (C=O) groups excluding carboxylic acids is 1. The summed E-state index contributed by atoms with van der Waals surface area (Å²) >= 11 is 14.1. The molecule has 0 atom stereocenters. The summed E-state index contributed by atoms with van der Waals surface area (Å²) in [6.45, 7) is 2.43. The van der Waals surface area contributed by atoms with Crippen molar-refractivity contribution in [2.75, 3.05) is 20.3 Å². The molecule has 1 N–H and O–H groups in total. The Labute approximate surface area is 210 Å². The molecule has 2 aliphatic rings. The number of rotatable bonds is 8. The number of hydrogen-bond acceptors (Lipinski definition) is 7. The average molecular weight is 519 g/mol. The zero-order valence-electron chi connectivity index (χ0n) is 18.3. The largest absolute Gasteiger partial charge is 0.497 e. The molecule has 0 saturated heterocycles. The molecule has 0 spiro atoms. The summed E-state index contributed by atoms with van der Waals surface area (Å²) < 4.78 is 16.5. The number of benzene rings is 2. The number of aliphatic imine (C=N–C) groups is 1. The van der Waals surface area contributed by atoms with E-state index in [1.54, 1.807) is 25.3 Å². The minimum Gasteiger partial charge on any atom is -0.497 e. The number of carbonyl (C=O) groups is 1. The van der Waals surface area contributed by atoms with Gasteiger partial charge in [-0.3, -0.25) is 10.2 Å². The van der Waals surface area contributed by atoms with Gasteiger partial charge >= 0.3 is 0 Å². The van der Waals surface area contributed by atoms with Gasteiger partial charge in [0, 0.05) is 6.07 Å². The smallest absolute Gasteiger partial charge is 0.283 e. The van der Waals surface area contributed by atoms with Gasteiger partial charge in [0.2, 0.25) is 5.17 Å². The molecule has 0 unspecified atom stereocenters. The number of nitrogens with one attached hydrogen (secondary N) is 1. The lowest BCUT2D eigenvalue weighted by Gasteiger charge is -2.20. The third kappa shape index (κ3) is 5.22. The fourth-order valence-electron chi connectivity index (χ4n) is 3.14. The second-order valence-corrected chi connectivity index (χ2v) is 8.91. The van der Waals surface area contributed by atoms with Gasteiger partial charge in [-0.05, 0) is 54.1 Å². The predicted octanol–water partition coefficient (Wildman–Crippen LogP) is 5.49. The summed E-state index contributed by atoms with van der Waals surface area (Å²) in [6, 6.07) is 10.5. The maximum atomic E-state index is 12.5. The molecular formula is C23H20Cl2N4O4S. The Hall–Kier alpha value is -3.01. The summed E-state index contributed by atoms with van der Waals surface area (Å²) in [5, 5.41) is 15.8. The SMILES string of the molecule is CCC1=NN2C(=N)/C(=C/c3cc(Cl)c(OCCOc4cccc(OC)c4)c(Cl)c3)C(=O)N=C2S1. The van der Waals surface area contributed by atoms with Crippen molar-refractivity contribution in [3.63, 3.8) is 0 Å². The van der Waals surface area contributed by atoms with Crippen LogP contribution in [0.15, 0.2) is 52.1 Å². The van der Waals surface area contributed by atoms with Crippen LogP contribution in [-0.4, -0.2) is 47.3 Å². The predicted molar refractivity (Wildman–Crippen MR) is 136 cm³/mol. The third-order valence-corrected chi connectivity index (χ3v) is 6.38. The van der Waals surface area contributed by atoms with E-state index in [0.717, 1.165) is 5.04 Å². The van der Waals surface area contributed by atoms with E-state index < -0.39 is 5.91 Å². The number of ether oxygens (including phenoxy) is 3. The minimum absolute atomic E-state index is 0.0480. The molecule has 0 bridgehead atoms. The zero-order valence-corrected chi connectivity index (χ0v) is 20.6. The lowest BCUT2D eigenvalue weighted by molar-refractivity contribution is -0.114. The van der Waals surface area contributed by atoms with Crippen LogP contribution < -0.4 is 14.2 Å². The van der Waals surface area contributed by atoms with Crippen molar-refractivity contribution in [3.05, 3.63) is 57.6 Å². The van der Waals surface area contributed by atoms with Crippen LogP contribution in [0.1, 0.15) is 18.9 Å². The average Bonchev–Trinajstić information content (AvgIpc) is 3.24. The molecule has 2 aliphatic heterocycles. The Morgan fingerprint density at radius 2 is 1.82 bits per heavy atom. The van der Waals surface area contributed by atoms with Crippen molar-refractivity contribution >= 4 is 63.0 Å². The molecule has 0 aliphatic carbocycles. The molecule has 2 heterocycles. The number of hydrazone groups is 1. The van der Waals surface area contributed by atoms with Crippen LogP contribution in [0.5, 0.6) is 17.2 Å². The summed E-state index contributed by atoms with van der Waals surface area (Å²) in [7, 11) is 1.59. The zero-order chi connectivity index (χ0) is 24.2. The molecule has 0 fully saturated rings. The molecule has 11 heteroatoms. The topological polar surface area (TPSA) is 96.6 Å². The van der Waals surface area contributed by atoms with Crippen LogP contribution in [0.25, 0.3) is 6.08 Å². The second kappa shape index (κ2) is 10.5. The van der Waals surface area contributed by atoms with E-state index in [4.69, 9.17) is 42.8 Å². The van der Waals surface area contributed by atoms with Crippen molar-refractivity contribution in [3.8, 4) is 17.2 Å². The fourth-order valence-corrected chi connectivity index (χ4v) is 4.57. The molecule has 34 heavy (non-hydrogen) atoms. The standard InChI is InChI=1S/C23H20Cl2N4O4S/c1-3-19-28-29-21(26)16(22(30)27-23(29)34-19)9-13-10-17(24)20(18(25)11-13)33-8-7-32-15-6-4-5-14(12-15)31-2/h4-6,9-12,26H,3,7-8H2,1-2H3/b16-9-,26-21?. The highest BCUT2D eigenvalue weighted by atomic mass is 35.5. The van der Waals surface area contributed by atoms with Crippen LogP contribution in [-0.2, 0) is 4.79 Å². The van der Waals surface area contributed by atoms with Gasteiger partial charge in [-0.1, -0.05) is 36.2 Å². The lowest BCUT2D eigenvalue weighted by Crippen LogP contribution is -2.35. The monoisotopic (exact) mass is 518 g/mol. The first kappa shape index (κ1) is 24.1. The van der Waals surface area contributed by atoms with Gasteiger partial charge in [-0.15, -0.1) is 0 Å². The number of methoxy groups -OCH3 is 1. The van der Waals surface area contributed by atoms with E-state index in [0.29, 0.717) is 34.4 Å². The van der Waals surface area contributed by atoms with Gasteiger partial charge in [0.1, 0.15) is 29.8 Å². The molecule has 0 radical (unpaired) electrons. The molecule has 0 saturated carbocycles. The molecular weight excluding hydrogens is 499 g/mol. The summed E-state index contributed by atoms with van der Waals surface area (Å²) in [6.07, 6.45) is 2.21. The first-order chi connectivity index (χ1) is 16.4. The molecule has 2 aromatic rings. The van der Waals surface area contributed by atoms with Gasteiger partial charge in [0.05, 0.1) is 22.7 Å². The van der Waals surface area contributed by atoms with Gasteiger partial charge in [0.25, 0.3) is 5.91 Å². The summed E-state index contributed by atoms with van der Waals surface area (Å²) in [5.74, 6) is 1.09. The summed E-state index contributed by atoms with van der Waals surface area (Å²) in [5.41, 5.74) is 0.631. The van der Waals surface area contributed by atoms with E-state index in [2.05, 4.69) is 10.1 Å². The Kier molecular flexibility index (Phi) is 7.45. The number of hydrogen-bond donors (Lipinski definition) is 1. The highest BCUT2D eigenvalue weighted by Crippen LogP contribution is 2.36. The van der Waals surface area contributed by atoms with Gasteiger partial charge in [-0.25, -0.2) is 0 Å². The molecule has 2 aromatic carbocycles. The van der Waals surface area contributed by atoms with Crippen molar-refractivity contribution in [1.82, 2.24) is 5.01 Å². The molecule has 1 amide bonds. The van der Waals surface area contributed by atoms with E-state index in [1.807, 2.05) is 25.1 Å². The van der Waals surface area contributed by atoms with Crippen molar-refractivity contribution in [1.29, 1.82) is 5.41 Å². The van der Waals surface area contributed by atoms with Gasteiger partial charge < -0.3 is 14.2 Å². The minimum atomic E-state index is -0.515. The fraction of sp³-hybridized carbons (Fsp3) is 0.217. The van der Waals surface area contributed by atoms with Crippen molar-refractivity contribution in [2.45, 2.75) is 13.3 Å². The second-order valence-electron chi connectivity index (χ2n) is 7.06. The third-order valence-electron chi connectivity index (χ3n) is 4.77. The maximum absolute atomic E-state index is 12.5. The number of amides is 1. The maximum Gasteiger partial charge on any atom is 0.283 e. The number of thioether (sulfide) groups is 1. The summed E-state index contributed by atoms with van der Waals surface area (Å²) in [4.78, 5) is 16.6. The number of amidine groups is 2. The van der Waals surface area contributed by atoms with Crippen LogP contribution in [0, 0.1) is 5.41 Å². The van der Waals surface area contributed by atoms with Crippen LogP contribution in [0.4, 0.5) is 0 Å². The molecule has 0 aromatic heterocycles. The van der Waals surface area contributed by atoms with Crippen LogP contribution in [0.2, 0.25) is 10.0 Å². The van der Waals surface area contributed by atoms with E-state index in [-0.39, 0.29) is 34.7 Å². The Balaban J connectivity index is 1.44. The lowest BCUT2D eigenvalue weighted by atomic mass is 10.1. The molecule has 4 rings (SSSR count). The first-order valence-electron chi connectivity index (χ1n) is 10.3. The van der Waals surface area contributed by atoms with E-state index >= 15 is 0 Å². The molecule has 176 valence electrons. The normalized spacial score (nSPS) is 16.4. The van der Waals surface area contributed by atoms with Crippen molar-refractivity contribution in [2.24, 2.45) is 10.1 Å². The van der Waals surface area contributed by atoms with E-state index in [1.165, 1.54) is 22.8 Å². The van der Waals surface area contributed by atoms with E-state index in [9.17, 15) is 4.79 Å². The first-order valence-corrected chi connectivity index (χ1v) is 11.8. The van der Waals surface area contributed by atoms with Crippen molar-refractivity contribution < 1.29 is 19.0 Å². The Bertz CT molecular complexity index is 1220. The number of nitrogens with zero attached hydrogens (tertiary/aromatic N) is 3. The van der Waals surface area contributed by atoms with Gasteiger partial charge in [0.15, 0.2) is 11.6 Å². The highest BCUT2D eigenvalue weighted by Gasteiger charge is 2.35. The van der Waals surface area contributed by atoms with Crippen LogP contribution >= 0.6 is 35.0 Å². The van der Waals surface area contributed by atoms with Crippen LogP contribution in [0.3, 0.4) is 0 Å². The number of fused-ring (bicyclic) bond motifs is 1. The molecule has 8 nitrogen and oxygen atoms in total.